The van der Waals surface area contributed by atoms with Crippen molar-refractivity contribution >= 4 is 0 Å². The average Bonchev–Trinajstić information content (AvgIpc) is 2.26. The van der Waals surface area contributed by atoms with Crippen LogP contribution in [0.2, 0.25) is 0 Å². The maximum Gasteiger partial charge on any atom is 0.0724 e. The Labute approximate surface area is 93.4 Å². The van der Waals surface area contributed by atoms with Crippen LogP contribution in [0.1, 0.15) is 26.7 Å². The van der Waals surface area contributed by atoms with Gasteiger partial charge in [0.1, 0.15) is 0 Å². The summed E-state index contributed by atoms with van der Waals surface area (Å²) in [6.45, 7) is 4.08. The van der Waals surface area contributed by atoms with E-state index in [-0.39, 0.29) is 12.1 Å². The zero-order chi connectivity index (χ0) is 11.5. The third-order valence-electron chi connectivity index (χ3n) is 2.25. The SMILES string of the molecule is CCC=CC=CC=CC[C@H](O)[C@H](C)NC. The lowest BCUT2D eigenvalue weighted by Crippen LogP contribution is -2.34. The Hall–Kier alpha value is -0.860. The maximum atomic E-state index is 9.61. The second-order valence-electron chi connectivity index (χ2n) is 3.53. The summed E-state index contributed by atoms with van der Waals surface area (Å²) < 4.78 is 0. The Balaban J connectivity index is 3.70. The van der Waals surface area contributed by atoms with Crippen LogP contribution in [0.15, 0.2) is 36.5 Å². The van der Waals surface area contributed by atoms with Gasteiger partial charge in [0.05, 0.1) is 6.10 Å². The number of rotatable bonds is 7. The molecule has 0 aromatic heterocycles. The third kappa shape index (κ3) is 8.16. The summed E-state index contributed by atoms with van der Waals surface area (Å²) in [5.41, 5.74) is 0. The molecule has 0 spiro atoms. The molecule has 0 rings (SSSR count). The monoisotopic (exact) mass is 209 g/mol. The highest BCUT2D eigenvalue weighted by Crippen LogP contribution is 1.99. The van der Waals surface area contributed by atoms with Gasteiger partial charge in [-0.3, -0.25) is 0 Å². The first kappa shape index (κ1) is 14.1. The van der Waals surface area contributed by atoms with Gasteiger partial charge in [-0.25, -0.2) is 0 Å². The lowest BCUT2D eigenvalue weighted by atomic mass is 10.1. The highest BCUT2D eigenvalue weighted by atomic mass is 16.3. The van der Waals surface area contributed by atoms with Crippen LogP contribution in [0.25, 0.3) is 0 Å². The van der Waals surface area contributed by atoms with Crippen LogP contribution < -0.4 is 5.32 Å². The molecule has 0 aliphatic rings. The van der Waals surface area contributed by atoms with E-state index in [1.54, 1.807) is 0 Å². The highest BCUT2D eigenvalue weighted by Gasteiger charge is 2.08. The van der Waals surface area contributed by atoms with Crippen molar-refractivity contribution in [3.05, 3.63) is 36.5 Å². The molecule has 2 atom stereocenters. The van der Waals surface area contributed by atoms with Gasteiger partial charge in [0.25, 0.3) is 0 Å². The largest absolute Gasteiger partial charge is 0.391 e. The molecule has 0 saturated carbocycles. The molecule has 2 nitrogen and oxygen atoms in total. The minimum Gasteiger partial charge on any atom is -0.391 e. The fraction of sp³-hybridized carbons (Fsp3) is 0.538. The molecule has 0 aliphatic heterocycles. The summed E-state index contributed by atoms with van der Waals surface area (Å²) in [4.78, 5) is 0. The first-order valence-corrected chi connectivity index (χ1v) is 5.56. The van der Waals surface area contributed by atoms with Crippen LogP contribution in [0.3, 0.4) is 0 Å². The fourth-order valence-electron chi connectivity index (χ4n) is 1.04. The van der Waals surface area contributed by atoms with Gasteiger partial charge in [-0.1, -0.05) is 43.4 Å². The van der Waals surface area contributed by atoms with Gasteiger partial charge in [0.15, 0.2) is 0 Å². The van der Waals surface area contributed by atoms with E-state index >= 15 is 0 Å². The van der Waals surface area contributed by atoms with Crippen LogP contribution in [0.4, 0.5) is 0 Å². The quantitative estimate of drug-likeness (QED) is 0.631. The van der Waals surface area contributed by atoms with Crippen molar-refractivity contribution in [2.75, 3.05) is 7.05 Å². The molecule has 0 aromatic rings. The van der Waals surface area contributed by atoms with Crippen LogP contribution in [0, 0.1) is 0 Å². The molecule has 0 amide bonds. The number of allylic oxidation sites excluding steroid dienone is 5. The van der Waals surface area contributed by atoms with Crippen LogP contribution in [-0.2, 0) is 0 Å². The van der Waals surface area contributed by atoms with E-state index in [4.69, 9.17) is 0 Å². The third-order valence-corrected chi connectivity index (χ3v) is 2.25. The van der Waals surface area contributed by atoms with E-state index in [9.17, 15) is 5.11 Å². The second-order valence-corrected chi connectivity index (χ2v) is 3.53. The van der Waals surface area contributed by atoms with E-state index < -0.39 is 0 Å². The summed E-state index contributed by atoms with van der Waals surface area (Å²) in [6, 6.07) is 0.138. The van der Waals surface area contributed by atoms with Gasteiger partial charge < -0.3 is 10.4 Å². The van der Waals surface area contributed by atoms with Crippen molar-refractivity contribution in [1.82, 2.24) is 5.32 Å². The van der Waals surface area contributed by atoms with E-state index in [0.29, 0.717) is 6.42 Å². The van der Waals surface area contributed by atoms with Gasteiger partial charge >= 0.3 is 0 Å². The molecule has 0 heterocycles. The summed E-state index contributed by atoms with van der Waals surface area (Å²) >= 11 is 0. The summed E-state index contributed by atoms with van der Waals surface area (Å²) in [5, 5.41) is 12.6. The summed E-state index contributed by atoms with van der Waals surface area (Å²) in [5.74, 6) is 0. The van der Waals surface area contributed by atoms with Gasteiger partial charge in [-0.2, -0.15) is 0 Å². The Morgan fingerprint density at radius 1 is 1.13 bits per heavy atom. The van der Waals surface area contributed by atoms with Crippen molar-refractivity contribution in [2.24, 2.45) is 0 Å². The second kappa shape index (κ2) is 9.69. The highest BCUT2D eigenvalue weighted by molar-refractivity contribution is 5.11. The van der Waals surface area contributed by atoms with Gasteiger partial charge in [-0.15, -0.1) is 0 Å². The van der Waals surface area contributed by atoms with Crippen molar-refractivity contribution in [3.63, 3.8) is 0 Å². The molecule has 0 unspecified atom stereocenters. The molecule has 0 aliphatic carbocycles. The van der Waals surface area contributed by atoms with Gasteiger partial charge in [0, 0.05) is 6.04 Å². The van der Waals surface area contributed by atoms with Crippen molar-refractivity contribution in [3.8, 4) is 0 Å². The van der Waals surface area contributed by atoms with Gasteiger partial charge in [0.2, 0.25) is 0 Å². The average molecular weight is 209 g/mol. The first-order valence-electron chi connectivity index (χ1n) is 5.56. The van der Waals surface area contributed by atoms with E-state index in [1.807, 2.05) is 44.4 Å². The lowest BCUT2D eigenvalue weighted by molar-refractivity contribution is 0.141. The summed E-state index contributed by atoms with van der Waals surface area (Å²) in [7, 11) is 1.85. The van der Waals surface area contributed by atoms with Crippen molar-refractivity contribution < 1.29 is 5.11 Å². The lowest BCUT2D eigenvalue weighted by Gasteiger charge is -2.15. The minimum atomic E-state index is -0.314. The Morgan fingerprint density at radius 2 is 1.73 bits per heavy atom. The minimum absolute atomic E-state index is 0.138. The molecule has 0 radical (unpaired) electrons. The molecule has 86 valence electrons. The molecule has 2 N–H and O–H groups in total. The number of likely N-dealkylation sites (N-methyl/N-ethyl adjacent to an activating group) is 1. The van der Waals surface area contributed by atoms with Gasteiger partial charge in [-0.05, 0) is 26.8 Å². The zero-order valence-corrected chi connectivity index (χ0v) is 9.98. The molecule has 0 saturated heterocycles. The predicted molar refractivity (Wildman–Crippen MR) is 66.9 cm³/mol. The standard InChI is InChI=1S/C13H23NO/c1-4-5-6-7-8-9-10-11-13(15)12(2)14-3/h5-10,12-15H,4,11H2,1-3H3/t12-,13-/m0/s1. The maximum absolute atomic E-state index is 9.61. The Kier molecular flexibility index (Phi) is 9.13. The number of aliphatic hydroxyl groups excluding tert-OH is 1. The summed E-state index contributed by atoms with van der Waals surface area (Å²) in [6.07, 6.45) is 13.5. The fourth-order valence-corrected chi connectivity index (χ4v) is 1.04. The number of aliphatic hydroxyl groups is 1. The Morgan fingerprint density at radius 3 is 2.27 bits per heavy atom. The predicted octanol–water partition coefficient (Wildman–Crippen LogP) is 2.42. The van der Waals surface area contributed by atoms with E-state index in [2.05, 4.69) is 18.3 Å². The van der Waals surface area contributed by atoms with Crippen LogP contribution in [-0.4, -0.2) is 24.3 Å². The normalized spacial score (nSPS) is 16.8. The first-order chi connectivity index (χ1) is 7.22. The molecule has 15 heavy (non-hydrogen) atoms. The number of hydrogen-bond donors (Lipinski definition) is 2. The van der Waals surface area contributed by atoms with Crippen molar-refractivity contribution in [2.45, 2.75) is 38.8 Å². The Bertz CT molecular complexity index is 219. The van der Waals surface area contributed by atoms with Crippen molar-refractivity contribution in [1.29, 1.82) is 0 Å². The molecular formula is C13H23NO. The number of hydrogen-bond acceptors (Lipinski definition) is 2. The van der Waals surface area contributed by atoms with Crippen LogP contribution in [0.5, 0.6) is 0 Å². The van der Waals surface area contributed by atoms with E-state index in [1.165, 1.54) is 0 Å². The zero-order valence-electron chi connectivity index (χ0n) is 9.98. The molecule has 2 heteroatoms. The molecular weight excluding hydrogens is 186 g/mol. The smallest absolute Gasteiger partial charge is 0.0724 e. The molecule has 0 bridgehead atoms. The molecule has 0 aromatic carbocycles. The topological polar surface area (TPSA) is 32.3 Å². The van der Waals surface area contributed by atoms with E-state index in [0.717, 1.165) is 6.42 Å². The number of nitrogens with one attached hydrogen (secondary N) is 1. The van der Waals surface area contributed by atoms with Crippen LogP contribution >= 0.6 is 0 Å². The molecule has 0 fully saturated rings.